The molecular formula is C23H25N3O. The maximum atomic E-state index is 10.7. The van der Waals surface area contributed by atoms with Gasteiger partial charge < -0.3 is 14.9 Å². The van der Waals surface area contributed by atoms with Crippen molar-refractivity contribution in [2.75, 3.05) is 36.0 Å². The van der Waals surface area contributed by atoms with Crippen molar-refractivity contribution in [1.29, 1.82) is 0 Å². The zero-order valence-electron chi connectivity index (χ0n) is 15.6. The first kappa shape index (κ1) is 17.6. The van der Waals surface area contributed by atoms with Crippen molar-refractivity contribution in [2.45, 2.75) is 13.0 Å². The molecule has 0 bridgehead atoms. The van der Waals surface area contributed by atoms with Crippen LogP contribution in [-0.2, 0) is 0 Å². The van der Waals surface area contributed by atoms with Gasteiger partial charge in [0.25, 0.3) is 0 Å². The van der Waals surface area contributed by atoms with Crippen molar-refractivity contribution >= 4 is 11.4 Å². The molecule has 0 saturated carbocycles. The van der Waals surface area contributed by atoms with Crippen LogP contribution in [0.15, 0.2) is 73.1 Å². The van der Waals surface area contributed by atoms with Gasteiger partial charge >= 0.3 is 0 Å². The molecule has 4 rings (SSSR count). The fraction of sp³-hybridized carbons (Fsp3) is 0.261. The summed E-state index contributed by atoms with van der Waals surface area (Å²) in [5, 5.41) is 10.7. The average Bonchev–Trinajstić information content (AvgIpc) is 2.74. The maximum Gasteiger partial charge on any atom is 0.104 e. The number of anilines is 2. The molecule has 2 aromatic carbocycles. The van der Waals surface area contributed by atoms with E-state index in [4.69, 9.17) is 0 Å². The highest BCUT2D eigenvalue weighted by Crippen LogP contribution is 2.28. The van der Waals surface area contributed by atoms with E-state index in [0.717, 1.165) is 42.9 Å². The van der Waals surface area contributed by atoms with Gasteiger partial charge in [0.05, 0.1) is 0 Å². The number of hydrogen-bond donors (Lipinski definition) is 1. The topological polar surface area (TPSA) is 39.6 Å². The number of aliphatic hydroxyl groups excluding tert-OH is 1. The van der Waals surface area contributed by atoms with Gasteiger partial charge in [-0.05, 0) is 47.9 Å². The summed E-state index contributed by atoms with van der Waals surface area (Å²) in [7, 11) is 0. The van der Waals surface area contributed by atoms with Crippen LogP contribution in [-0.4, -0.2) is 36.3 Å². The molecule has 138 valence electrons. The minimum atomic E-state index is -0.580. The van der Waals surface area contributed by atoms with Gasteiger partial charge in [0.1, 0.15) is 6.10 Å². The van der Waals surface area contributed by atoms with E-state index in [1.54, 1.807) is 0 Å². The lowest BCUT2D eigenvalue weighted by atomic mass is 9.97. The van der Waals surface area contributed by atoms with E-state index in [1.807, 2.05) is 42.7 Å². The molecule has 1 unspecified atom stereocenters. The minimum absolute atomic E-state index is 0.580. The highest BCUT2D eigenvalue weighted by atomic mass is 16.3. The summed E-state index contributed by atoms with van der Waals surface area (Å²) < 4.78 is 0. The summed E-state index contributed by atoms with van der Waals surface area (Å²) in [6.07, 6.45) is 3.12. The molecule has 1 aromatic heterocycles. The summed E-state index contributed by atoms with van der Waals surface area (Å²) in [6.45, 7) is 6.05. The van der Waals surface area contributed by atoms with E-state index in [0.29, 0.717) is 0 Å². The number of pyridine rings is 1. The van der Waals surface area contributed by atoms with Crippen molar-refractivity contribution in [2.24, 2.45) is 0 Å². The molecule has 1 aliphatic rings. The Morgan fingerprint density at radius 2 is 1.44 bits per heavy atom. The smallest absolute Gasteiger partial charge is 0.104 e. The maximum absolute atomic E-state index is 10.7. The van der Waals surface area contributed by atoms with Gasteiger partial charge in [-0.3, -0.25) is 4.98 Å². The molecule has 1 aliphatic heterocycles. The lowest BCUT2D eigenvalue weighted by molar-refractivity contribution is 0.219. The number of nitrogens with zero attached hydrogens (tertiary/aromatic N) is 3. The second-order valence-corrected chi connectivity index (χ2v) is 7.03. The molecule has 27 heavy (non-hydrogen) atoms. The van der Waals surface area contributed by atoms with Gasteiger partial charge in [-0.1, -0.05) is 36.4 Å². The molecule has 1 fully saturated rings. The van der Waals surface area contributed by atoms with Gasteiger partial charge in [0.15, 0.2) is 0 Å². The van der Waals surface area contributed by atoms with E-state index in [-0.39, 0.29) is 0 Å². The van der Waals surface area contributed by atoms with Crippen LogP contribution in [0.3, 0.4) is 0 Å². The van der Waals surface area contributed by atoms with E-state index in [9.17, 15) is 5.11 Å². The zero-order chi connectivity index (χ0) is 18.6. The van der Waals surface area contributed by atoms with Crippen LogP contribution in [0.2, 0.25) is 0 Å². The van der Waals surface area contributed by atoms with Crippen LogP contribution in [0.1, 0.15) is 22.8 Å². The third-order valence-corrected chi connectivity index (χ3v) is 5.34. The molecule has 2 heterocycles. The number of aliphatic hydroxyl groups is 1. The molecule has 3 aromatic rings. The van der Waals surface area contributed by atoms with Crippen molar-refractivity contribution in [3.05, 3.63) is 89.7 Å². The molecule has 0 radical (unpaired) electrons. The van der Waals surface area contributed by atoms with Gasteiger partial charge in [-0.15, -0.1) is 0 Å². The number of aryl methyl sites for hydroxylation is 1. The molecule has 1 atom stereocenters. The van der Waals surface area contributed by atoms with Crippen molar-refractivity contribution in [1.82, 2.24) is 4.98 Å². The Balaban J connectivity index is 1.46. The van der Waals surface area contributed by atoms with Crippen molar-refractivity contribution < 1.29 is 5.11 Å². The van der Waals surface area contributed by atoms with E-state index in [2.05, 4.69) is 52.0 Å². The molecule has 1 saturated heterocycles. The van der Waals surface area contributed by atoms with E-state index >= 15 is 0 Å². The number of aromatic nitrogens is 1. The highest BCUT2D eigenvalue weighted by molar-refractivity contribution is 5.54. The van der Waals surface area contributed by atoms with Crippen LogP contribution in [0.4, 0.5) is 11.4 Å². The Hall–Kier alpha value is -2.85. The molecule has 0 spiro atoms. The third-order valence-electron chi connectivity index (χ3n) is 5.34. The van der Waals surface area contributed by atoms with E-state index < -0.39 is 6.10 Å². The minimum Gasteiger partial charge on any atom is -0.384 e. The summed E-state index contributed by atoms with van der Waals surface area (Å²) in [4.78, 5) is 8.92. The van der Waals surface area contributed by atoms with Crippen molar-refractivity contribution in [3.63, 3.8) is 0 Å². The molecular weight excluding hydrogens is 334 g/mol. The highest BCUT2D eigenvalue weighted by Gasteiger charge is 2.19. The van der Waals surface area contributed by atoms with Crippen LogP contribution < -0.4 is 9.80 Å². The second-order valence-electron chi connectivity index (χ2n) is 7.03. The Labute approximate surface area is 160 Å². The van der Waals surface area contributed by atoms with Crippen LogP contribution in [0.5, 0.6) is 0 Å². The lowest BCUT2D eigenvalue weighted by Gasteiger charge is -2.37. The Kier molecular flexibility index (Phi) is 5.07. The van der Waals surface area contributed by atoms with Crippen molar-refractivity contribution in [3.8, 4) is 0 Å². The molecule has 1 N–H and O–H groups in total. The Morgan fingerprint density at radius 1 is 0.815 bits per heavy atom. The zero-order valence-corrected chi connectivity index (χ0v) is 15.6. The Morgan fingerprint density at radius 3 is 2.07 bits per heavy atom. The Bertz CT molecular complexity index is 875. The van der Waals surface area contributed by atoms with Gasteiger partial charge in [-0.2, -0.15) is 0 Å². The van der Waals surface area contributed by atoms with Crippen LogP contribution >= 0.6 is 0 Å². The summed E-state index contributed by atoms with van der Waals surface area (Å²) in [5.41, 5.74) is 5.49. The predicted octanol–water partition coefficient (Wildman–Crippen LogP) is 3.80. The second kappa shape index (κ2) is 7.80. The number of rotatable bonds is 4. The molecule has 0 aliphatic carbocycles. The summed E-state index contributed by atoms with van der Waals surface area (Å²) in [5.74, 6) is 0. The third kappa shape index (κ3) is 3.81. The fourth-order valence-corrected chi connectivity index (χ4v) is 3.76. The first-order valence-electron chi connectivity index (χ1n) is 9.46. The first-order chi connectivity index (χ1) is 13.2. The standard InChI is InChI=1S/C23H25N3O/c1-18-17-21(7-8-22(18)23(27)19-5-3-2-4-6-19)26-15-13-25(14-16-26)20-9-11-24-12-10-20/h2-12,17,23,27H,13-16H2,1H3. The van der Waals surface area contributed by atoms with Gasteiger partial charge in [0, 0.05) is 49.9 Å². The average molecular weight is 359 g/mol. The predicted molar refractivity (Wildman–Crippen MR) is 110 cm³/mol. The molecule has 4 heteroatoms. The van der Waals surface area contributed by atoms with Gasteiger partial charge in [0.2, 0.25) is 0 Å². The number of benzene rings is 2. The summed E-state index contributed by atoms with van der Waals surface area (Å²) in [6, 6.07) is 20.4. The SMILES string of the molecule is Cc1cc(N2CCN(c3ccncc3)CC2)ccc1C(O)c1ccccc1. The van der Waals surface area contributed by atoms with Gasteiger partial charge in [-0.25, -0.2) is 0 Å². The largest absolute Gasteiger partial charge is 0.384 e. The first-order valence-corrected chi connectivity index (χ1v) is 9.46. The quantitative estimate of drug-likeness (QED) is 0.769. The number of piperazine rings is 1. The lowest BCUT2D eigenvalue weighted by Crippen LogP contribution is -2.46. The normalized spacial score (nSPS) is 15.6. The van der Waals surface area contributed by atoms with Crippen LogP contribution in [0, 0.1) is 6.92 Å². The number of hydrogen-bond acceptors (Lipinski definition) is 4. The molecule has 0 amide bonds. The monoisotopic (exact) mass is 359 g/mol. The van der Waals surface area contributed by atoms with E-state index in [1.165, 1.54) is 11.4 Å². The fourth-order valence-electron chi connectivity index (χ4n) is 3.76. The van der Waals surface area contributed by atoms with Crippen LogP contribution in [0.25, 0.3) is 0 Å². The summed E-state index contributed by atoms with van der Waals surface area (Å²) >= 11 is 0. The molecule has 4 nitrogen and oxygen atoms in total.